The molecule has 1 aliphatic rings. The van der Waals surface area contributed by atoms with Crippen molar-refractivity contribution in [3.05, 3.63) is 59.7 Å². The van der Waals surface area contributed by atoms with E-state index in [9.17, 15) is 4.79 Å². The minimum absolute atomic E-state index is 0.103. The lowest BCUT2D eigenvalue weighted by Crippen LogP contribution is -2.35. The summed E-state index contributed by atoms with van der Waals surface area (Å²) >= 11 is 0. The number of amides is 1. The number of carbonyl (C=O) groups excluding carboxylic acids is 1. The van der Waals surface area contributed by atoms with Gasteiger partial charge in [-0.05, 0) is 49.2 Å². The van der Waals surface area contributed by atoms with Gasteiger partial charge >= 0.3 is 0 Å². The van der Waals surface area contributed by atoms with Gasteiger partial charge in [-0.2, -0.15) is 0 Å². The second-order valence-corrected chi connectivity index (χ2v) is 5.93. The molecule has 25 heavy (non-hydrogen) atoms. The average Bonchev–Trinajstić information content (AvgIpc) is 3.07. The molecule has 1 amide bonds. The third-order valence-corrected chi connectivity index (χ3v) is 3.79. The number of carbonyl (C=O) groups is 1. The summed E-state index contributed by atoms with van der Waals surface area (Å²) in [6.07, 6.45) is 3.24. The van der Waals surface area contributed by atoms with Crippen LogP contribution in [0.1, 0.15) is 18.1 Å². The van der Waals surface area contributed by atoms with Gasteiger partial charge in [0.05, 0.1) is 6.04 Å². The fraction of sp³-hybridized carbons (Fsp3) is 0.250. The van der Waals surface area contributed by atoms with Crippen molar-refractivity contribution >= 4 is 12.0 Å². The molecule has 130 valence electrons. The van der Waals surface area contributed by atoms with E-state index in [2.05, 4.69) is 5.32 Å². The normalized spacial score (nSPS) is 13.7. The highest BCUT2D eigenvalue weighted by Gasteiger charge is 2.12. The first-order chi connectivity index (χ1) is 12.1. The number of fused-ring (bicyclic) bond motifs is 1. The Hall–Kier alpha value is -2.95. The minimum atomic E-state index is -0.168. The predicted octanol–water partition coefficient (Wildman–Crippen LogP) is 3.32. The second kappa shape index (κ2) is 7.75. The zero-order valence-corrected chi connectivity index (χ0v) is 14.3. The molecule has 1 N–H and O–H groups in total. The van der Waals surface area contributed by atoms with Crippen molar-refractivity contribution in [1.82, 2.24) is 5.32 Å². The van der Waals surface area contributed by atoms with Crippen molar-refractivity contribution in [2.45, 2.75) is 19.9 Å². The Morgan fingerprint density at radius 3 is 2.88 bits per heavy atom. The first kappa shape index (κ1) is 16.9. The summed E-state index contributed by atoms with van der Waals surface area (Å²) in [5.41, 5.74) is 1.95. The molecule has 0 saturated heterocycles. The van der Waals surface area contributed by atoms with E-state index in [0.717, 1.165) is 22.6 Å². The number of nitrogens with one attached hydrogen (secondary N) is 1. The predicted molar refractivity (Wildman–Crippen MR) is 95.9 cm³/mol. The summed E-state index contributed by atoms with van der Waals surface area (Å²) in [7, 11) is 0. The third kappa shape index (κ3) is 4.53. The number of ether oxygens (including phenoxy) is 3. The molecule has 0 bridgehead atoms. The zero-order chi connectivity index (χ0) is 17.6. The molecule has 1 atom stereocenters. The third-order valence-electron chi connectivity index (χ3n) is 3.79. The summed E-state index contributed by atoms with van der Waals surface area (Å²) in [5.74, 6) is 2.09. The van der Waals surface area contributed by atoms with E-state index in [-0.39, 0.29) is 18.7 Å². The van der Waals surface area contributed by atoms with Crippen LogP contribution >= 0.6 is 0 Å². The van der Waals surface area contributed by atoms with Gasteiger partial charge in [-0.1, -0.05) is 24.3 Å². The molecule has 3 rings (SSSR count). The number of para-hydroxylation sites is 1. The largest absolute Gasteiger partial charge is 0.491 e. The Balaban J connectivity index is 1.49. The fourth-order valence-corrected chi connectivity index (χ4v) is 2.45. The maximum Gasteiger partial charge on any atom is 0.244 e. The minimum Gasteiger partial charge on any atom is -0.491 e. The molecule has 0 radical (unpaired) electrons. The number of aryl methyl sites for hydroxylation is 1. The Labute approximate surface area is 147 Å². The monoisotopic (exact) mass is 339 g/mol. The van der Waals surface area contributed by atoms with Crippen molar-refractivity contribution in [3.8, 4) is 17.2 Å². The highest BCUT2D eigenvalue weighted by Crippen LogP contribution is 2.32. The SMILES string of the molecule is Cc1ccccc1OC[C@H](C)NC(=O)/C=C/c1ccc2c(c1)OCO2. The van der Waals surface area contributed by atoms with Gasteiger partial charge in [0.15, 0.2) is 11.5 Å². The number of hydrogen-bond donors (Lipinski definition) is 1. The number of rotatable bonds is 6. The molecular formula is C20H21NO4. The second-order valence-electron chi connectivity index (χ2n) is 5.93. The van der Waals surface area contributed by atoms with Crippen molar-refractivity contribution in [3.63, 3.8) is 0 Å². The lowest BCUT2D eigenvalue weighted by atomic mass is 10.2. The smallest absolute Gasteiger partial charge is 0.244 e. The standard InChI is InChI=1S/C20H21NO4/c1-14-5-3-4-6-17(14)23-12-15(2)21-20(22)10-8-16-7-9-18-19(11-16)25-13-24-18/h3-11,15H,12-13H2,1-2H3,(H,21,22)/b10-8+/t15-/m0/s1. The molecule has 1 heterocycles. The summed E-state index contributed by atoms with van der Waals surface area (Å²) in [6, 6.07) is 13.3. The van der Waals surface area contributed by atoms with Crippen LogP contribution in [-0.4, -0.2) is 25.3 Å². The van der Waals surface area contributed by atoms with Gasteiger partial charge in [-0.3, -0.25) is 4.79 Å². The Morgan fingerprint density at radius 2 is 2.04 bits per heavy atom. The molecule has 5 heteroatoms. The average molecular weight is 339 g/mol. The van der Waals surface area contributed by atoms with Crippen molar-refractivity contribution in [1.29, 1.82) is 0 Å². The lowest BCUT2D eigenvalue weighted by Gasteiger charge is -2.15. The fourth-order valence-electron chi connectivity index (χ4n) is 2.45. The van der Waals surface area contributed by atoms with Gasteiger partial charge in [0, 0.05) is 6.08 Å². The van der Waals surface area contributed by atoms with Crippen LogP contribution in [0.15, 0.2) is 48.5 Å². The van der Waals surface area contributed by atoms with Crippen molar-refractivity contribution in [2.75, 3.05) is 13.4 Å². The molecule has 0 fully saturated rings. The van der Waals surface area contributed by atoms with E-state index < -0.39 is 0 Å². The van der Waals surface area contributed by atoms with E-state index in [1.54, 1.807) is 6.08 Å². The molecule has 2 aromatic rings. The van der Waals surface area contributed by atoms with Crippen LogP contribution in [0.5, 0.6) is 17.2 Å². The highest BCUT2D eigenvalue weighted by atomic mass is 16.7. The zero-order valence-electron chi connectivity index (χ0n) is 14.3. The van der Waals surface area contributed by atoms with Gasteiger partial charge < -0.3 is 19.5 Å². The van der Waals surface area contributed by atoms with Gasteiger partial charge in [0.2, 0.25) is 12.7 Å². The summed E-state index contributed by atoms with van der Waals surface area (Å²) in [4.78, 5) is 12.0. The first-order valence-electron chi connectivity index (χ1n) is 8.18. The molecule has 1 aliphatic heterocycles. The summed E-state index contributed by atoms with van der Waals surface area (Å²) in [5, 5.41) is 2.89. The lowest BCUT2D eigenvalue weighted by molar-refractivity contribution is -0.117. The van der Waals surface area contributed by atoms with Crippen LogP contribution in [0.4, 0.5) is 0 Å². The van der Waals surface area contributed by atoms with Crippen LogP contribution in [0.2, 0.25) is 0 Å². The summed E-state index contributed by atoms with van der Waals surface area (Å²) < 4.78 is 16.3. The van der Waals surface area contributed by atoms with Crippen LogP contribution in [0, 0.1) is 6.92 Å². The molecule has 0 spiro atoms. The first-order valence-corrected chi connectivity index (χ1v) is 8.18. The number of hydrogen-bond acceptors (Lipinski definition) is 4. The molecule has 0 aromatic heterocycles. The van der Waals surface area contributed by atoms with Crippen LogP contribution in [0.3, 0.4) is 0 Å². The van der Waals surface area contributed by atoms with Gasteiger partial charge in [0.1, 0.15) is 12.4 Å². The van der Waals surface area contributed by atoms with E-state index >= 15 is 0 Å². The van der Waals surface area contributed by atoms with E-state index in [1.807, 2.05) is 56.3 Å². The maximum atomic E-state index is 12.0. The topological polar surface area (TPSA) is 56.8 Å². The van der Waals surface area contributed by atoms with E-state index in [4.69, 9.17) is 14.2 Å². The quantitative estimate of drug-likeness (QED) is 0.820. The van der Waals surface area contributed by atoms with Crippen LogP contribution in [0.25, 0.3) is 6.08 Å². The van der Waals surface area contributed by atoms with E-state index in [0.29, 0.717) is 12.4 Å². The Kier molecular flexibility index (Phi) is 5.23. The highest BCUT2D eigenvalue weighted by molar-refractivity contribution is 5.92. The number of benzene rings is 2. The van der Waals surface area contributed by atoms with Gasteiger partial charge in [0.25, 0.3) is 0 Å². The maximum absolute atomic E-state index is 12.0. The van der Waals surface area contributed by atoms with Gasteiger partial charge in [-0.25, -0.2) is 0 Å². The molecular weight excluding hydrogens is 318 g/mol. The Morgan fingerprint density at radius 1 is 1.24 bits per heavy atom. The Bertz CT molecular complexity index is 785. The van der Waals surface area contributed by atoms with Gasteiger partial charge in [-0.15, -0.1) is 0 Å². The van der Waals surface area contributed by atoms with Crippen LogP contribution < -0.4 is 19.5 Å². The molecule has 0 aliphatic carbocycles. The van der Waals surface area contributed by atoms with Crippen molar-refractivity contribution < 1.29 is 19.0 Å². The molecule has 0 saturated carbocycles. The van der Waals surface area contributed by atoms with Crippen LogP contribution in [-0.2, 0) is 4.79 Å². The van der Waals surface area contributed by atoms with E-state index in [1.165, 1.54) is 6.08 Å². The molecule has 2 aromatic carbocycles. The molecule has 0 unspecified atom stereocenters. The molecule has 5 nitrogen and oxygen atoms in total. The summed E-state index contributed by atoms with van der Waals surface area (Å²) in [6.45, 7) is 4.55. The van der Waals surface area contributed by atoms with Crippen molar-refractivity contribution in [2.24, 2.45) is 0 Å².